The van der Waals surface area contributed by atoms with Crippen LogP contribution in [0.4, 0.5) is 0 Å². The summed E-state index contributed by atoms with van der Waals surface area (Å²) in [6, 6.07) is 0. The van der Waals surface area contributed by atoms with E-state index in [1.54, 1.807) is 0 Å². The molecule has 0 aromatic carbocycles. The van der Waals surface area contributed by atoms with Crippen molar-refractivity contribution < 1.29 is 9.47 Å². The molecule has 0 aromatic rings. The van der Waals surface area contributed by atoms with Gasteiger partial charge in [0.05, 0.1) is 12.7 Å². The number of ether oxygens (including phenoxy) is 2. The molecule has 0 saturated heterocycles. The van der Waals surface area contributed by atoms with Gasteiger partial charge < -0.3 is 9.47 Å². The van der Waals surface area contributed by atoms with Crippen molar-refractivity contribution in [2.45, 2.75) is 123 Å². The number of rotatable bonds is 23. The molecule has 0 radical (unpaired) electrons. The first kappa shape index (κ1) is 27.3. The van der Waals surface area contributed by atoms with Gasteiger partial charge in [-0.3, -0.25) is 0 Å². The van der Waals surface area contributed by atoms with Crippen LogP contribution >= 0.6 is 11.8 Å². The third-order valence-corrected chi connectivity index (χ3v) is 5.94. The predicted molar refractivity (Wildman–Crippen MR) is 124 cm³/mol. The van der Waals surface area contributed by atoms with E-state index in [2.05, 4.69) is 20.1 Å². The lowest BCUT2D eigenvalue weighted by atomic mass is 10.0. The molecule has 0 aliphatic carbocycles. The molecular weight excluding hydrogens is 352 g/mol. The van der Waals surface area contributed by atoms with Gasteiger partial charge in [-0.25, -0.2) is 0 Å². The van der Waals surface area contributed by atoms with E-state index in [1.807, 2.05) is 11.8 Å². The van der Waals surface area contributed by atoms with Gasteiger partial charge in [-0.15, -0.1) is 0 Å². The Balaban J connectivity index is 3.14. The van der Waals surface area contributed by atoms with E-state index in [4.69, 9.17) is 9.47 Å². The van der Waals surface area contributed by atoms with Crippen LogP contribution in [0, 0.1) is 0 Å². The van der Waals surface area contributed by atoms with Gasteiger partial charge in [-0.1, -0.05) is 90.9 Å². The molecule has 1 unspecified atom stereocenters. The van der Waals surface area contributed by atoms with Gasteiger partial charge in [-0.05, 0) is 37.7 Å². The summed E-state index contributed by atoms with van der Waals surface area (Å²) in [5.41, 5.74) is 0. The Bertz CT molecular complexity index is 261. The first-order valence-electron chi connectivity index (χ1n) is 12.0. The van der Waals surface area contributed by atoms with Crippen LogP contribution in [0.1, 0.15) is 117 Å². The topological polar surface area (TPSA) is 18.5 Å². The van der Waals surface area contributed by atoms with Gasteiger partial charge in [-0.2, -0.15) is 11.8 Å². The maximum absolute atomic E-state index is 5.83. The molecule has 2 nitrogen and oxygen atoms in total. The highest BCUT2D eigenvalue weighted by Crippen LogP contribution is 2.13. The molecule has 3 heteroatoms. The Labute approximate surface area is 175 Å². The van der Waals surface area contributed by atoms with Gasteiger partial charge in [0.2, 0.25) is 0 Å². The van der Waals surface area contributed by atoms with E-state index in [0.29, 0.717) is 6.10 Å². The lowest BCUT2D eigenvalue weighted by molar-refractivity contribution is -0.0197. The maximum Gasteiger partial charge on any atom is 0.0805 e. The molecule has 164 valence electrons. The van der Waals surface area contributed by atoms with E-state index >= 15 is 0 Å². The molecule has 27 heavy (non-hydrogen) atoms. The van der Waals surface area contributed by atoms with Crippen molar-refractivity contribution >= 4 is 11.8 Å². The molecule has 0 N–H and O–H groups in total. The molecule has 0 rings (SSSR count). The van der Waals surface area contributed by atoms with E-state index in [1.165, 1.54) is 95.6 Å². The molecule has 0 saturated carbocycles. The SMILES string of the molecule is CCCCOC(CC)COCCCCCCCCCCCCCCCSC. The van der Waals surface area contributed by atoms with E-state index in [-0.39, 0.29) is 0 Å². The fraction of sp³-hybridized carbons (Fsp3) is 1.00. The second-order valence-electron chi connectivity index (χ2n) is 7.92. The molecule has 0 amide bonds. The second-order valence-corrected chi connectivity index (χ2v) is 8.90. The number of thioether (sulfide) groups is 1. The Morgan fingerprint density at radius 2 is 1.15 bits per heavy atom. The fourth-order valence-electron chi connectivity index (χ4n) is 3.29. The van der Waals surface area contributed by atoms with Crippen molar-refractivity contribution in [3.8, 4) is 0 Å². The summed E-state index contributed by atoms with van der Waals surface area (Å²) < 4.78 is 11.6. The quantitative estimate of drug-likeness (QED) is 0.161. The zero-order valence-electron chi connectivity index (χ0n) is 18.9. The van der Waals surface area contributed by atoms with Gasteiger partial charge in [0.15, 0.2) is 0 Å². The van der Waals surface area contributed by atoms with Crippen molar-refractivity contribution in [3.05, 3.63) is 0 Å². The molecular formula is C24H50O2S. The molecule has 0 aromatic heterocycles. The first-order chi connectivity index (χ1) is 13.3. The molecule has 0 aliphatic rings. The number of unbranched alkanes of at least 4 members (excludes halogenated alkanes) is 13. The Hall–Kier alpha value is 0.270. The third kappa shape index (κ3) is 22.4. The van der Waals surface area contributed by atoms with Gasteiger partial charge in [0, 0.05) is 13.2 Å². The minimum absolute atomic E-state index is 0.298. The minimum atomic E-state index is 0.298. The molecule has 1 atom stereocenters. The normalized spacial score (nSPS) is 12.6. The van der Waals surface area contributed by atoms with Crippen molar-refractivity contribution in [2.75, 3.05) is 31.8 Å². The molecule has 0 aliphatic heterocycles. The van der Waals surface area contributed by atoms with Crippen LogP contribution < -0.4 is 0 Å². The smallest absolute Gasteiger partial charge is 0.0805 e. The van der Waals surface area contributed by atoms with E-state index < -0.39 is 0 Å². The van der Waals surface area contributed by atoms with Crippen LogP contribution in [0.3, 0.4) is 0 Å². The average molecular weight is 403 g/mol. The van der Waals surface area contributed by atoms with Gasteiger partial charge >= 0.3 is 0 Å². The largest absolute Gasteiger partial charge is 0.379 e. The molecule has 0 heterocycles. The highest BCUT2D eigenvalue weighted by molar-refractivity contribution is 7.98. The number of hydrogen-bond acceptors (Lipinski definition) is 3. The van der Waals surface area contributed by atoms with Crippen molar-refractivity contribution in [3.63, 3.8) is 0 Å². The van der Waals surface area contributed by atoms with Crippen LogP contribution in [0.2, 0.25) is 0 Å². The van der Waals surface area contributed by atoms with Crippen molar-refractivity contribution in [1.82, 2.24) is 0 Å². The standard InChI is InChI=1S/C24H50O2S/c1-4-6-21-26-24(5-2)23-25-20-18-16-14-12-10-8-7-9-11-13-15-17-19-22-27-3/h24H,4-23H2,1-3H3. The van der Waals surface area contributed by atoms with E-state index in [0.717, 1.165) is 32.7 Å². The van der Waals surface area contributed by atoms with Crippen molar-refractivity contribution in [2.24, 2.45) is 0 Å². The molecule has 0 spiro atoms. The first-order valence-corrected chi connectivity index (χ1v) is 13.4. The number of hydrogen-bond donors (Lipinski definition) is 0. The Morgan fingerprint density at radius 3 is 1.63 bits per heavy atom. The summed E-state index contributed by atoms with van der Waals surface area (Å²) in [5.74, 6) is 1.35. The third-order valence-electron chi connectivity index (χ3n) is 5.25. The zero-order valence-corrected chi connectivity index (χ0v) is 19.8. The molecule has 0 fully saturated rings. The van der Waals surface area contributed by atoms with E-state index in [9.17, 15) is 0 Å². The van der Waals surface area contributed by atoms with Gasteiger partial charge in [0.25, 0.3) is 0 Å². The Kier molecular flexibility index (Phi) is 24.6. The highest BCUT2D eigenvalue weighted by atomic mass is 32.2. The summed E-state index contributed by atoms with van der Waals surface area (Å²) in [6.45, 7) is 6.96. The summed E-state index contributed by atoms with van der Waals surface area (Å²) in [6.07, 6.45) is 24.2. The fourth-order valence-corrected chi connectivity index (χ4v) is 3.78. The van der Waals surface area contributed by atoms with Crippen LogP contribution in [0.15, 0.2) is 0 Å². The lowest BCUT2D eigenvalue weighted by Gasteiger charge is -2.16. The average Bonchev–Trinajstić information content (AvgIpc) is 2.69. The van der Waals surface area contributed by atoms with Crippen LogP contribution in [-0.4, -0.2) is 37.9 Å². The highest BCUT2D eigenvalue weighted by Gasteiger charge is 2.05. The van der Waals surface area contributed by atoms with Crippen LogP contribution in [-0.2, 0) is 9.47 Å². The summed E-state index contributed by atoms with van der Waals surface area (Å²) in [7, 11) is 0. The van der Waals surface area contributed by atoms with Crippen LogP contribution in [0.25, 0.3) is 0 Å². The summed E-state index contributed by atoms with van der Waals surface area (Å²) >= 11 is 1.98. The summed E-state index contributed by atoms with van der Waals surface area (Å²) in [5, 5.41) is 0. The Morgan fingerprint density at radius 1 is 0.630 bits per heavy atom. The minimum Gasteiger partial charge on any atom is -0.379 e. The molecule has 0 bridgehead atoms. The zero-order chi connectivity index (χ0) is 19.8. The van der Waals surface area contributed by atoms with Crippen molar-refractivity contribution in [1.29, 1.82) is 0 Å². The monoisotopic (exact) mass is 402 g/mol. The maximum atomic E-state index is 5.83. The predicted octanol–water partition coefficient (Wildman–Crippen LogP) is 8.03. The van der Waals surface area contributed by atoms with Crippen LogP contribution in [0.5, 0.6) is 0 Å². The van der Waals surface area contributed by atoms with Gasteiger partial charge in [0.1, 0.15) is 0 Å². The lowest BCUT2D eigenvalue weighted by Crippen LogP contribution is -2.20. The second kappa shape index (κ2) is 24.3. The summed E-state index contributed by atoms with van der Waals surface area (Å²) in [4.78, 5) is 0.